The Morgan fingerprint density at radius 1 is 1.33 bits per heavy atom. The third-order valence-corrected chi connectivity index (χ3v) is 6.34. The molecule has 27 heavy (non-hydrogen) atoms. The van der Waals surface area contributed by atoms with Crippen molar-refractivity contribution in [1.82, 2.24) is 4.31 Å². The third-order valence-electron chi connectivity index (χ3n) is 4.30. The topological polar surface area (TPSA) is 102 Å². The first-order chi connectivity index (χ1) is 12.9. The highest BCUT2D eigenvalue weighted by Gasteiger charge is 2.31. The molecule has 1 fully saturated rings. The average Bonchev–Trinajstić information content (AvgIpc) is 2.66. The number of hydrogen-bond acceptors (Lipinski definition) is 6. The van der Waals surface area contributed by atoms with E-state index < -0.39 is 21.9 Å². The van der Waals surface area contributed by atoms with Crippen LogP contribution in [-0.4, -0.2) is 57.2 Å². The zero-order valence-corrected chi connectivity index (χ0v) is 16.5. The van der Waals surface area contributed by atoms with Crippen LogP contribution in [0.25, 0.3) is 0 Å². The Balaban J connectivity index is 1.97. The van der Waals surface area contributed by atoms with E-state index in [1.54, 1.807) is 24.3 Å². The Morgan fingerprint density at radius 3 is 2.81 bits per heavy atom. The number of piperidine rings is 1. The van der Waals surface area contributed by atoms with Crippen LogP contribution in [0.4, 0.5) is 5.69 Å². The van der Waals surface area contributed by atoms with Gasteiger partial charge in [0.05, 0.1) is 18.8 Å². The molecule has 1 aliphatic rings. The van der Waals surface area contributed by atoms with Gasteiger partial charge in [0.2, 0.25) is 15.9 Å². The van der Waals surface area contributed by atoms with Crippen LogP contribution in [0, 0.1) is 5.92 Å². The Morgan fingerprint density at radius 2 is 2.11 bits per heavy atom. The highest BCUT2D eigenvalue weighted by molar-refractivity contribution is 7.89. The monoisotopic (exact) mass is 398 g/mol. The molecule has 0 aromatic heterocycles. The van der Waals surface area contributed by atoms with Gasteiger partial charge in [0.15, 0.2) is 6.61 Å². The number of carbonyl (C=O) groups is 2. The van der Waals surface area contributed by atoms with Gasteiger partial charge in [0.25, 0.3) is 0 Å². The quantitative estimate of drug-likeness (QED) is 0.668. The molecular weight excluding hydrogens is 372 g/mol. The van der Waals surface area contributed by atoms with E-state index in [9.17, 15) is 18.0 Å². The number of nitrogens with zero attached hydrogens (tertiary/aromatic N) is 1. The number of sulfonamides is 1. The van der Waals surface area contributed by atoms with Crippen molar-refractivity contribution in [2.45, 2.75) is 26.2 Å². The van der Waals surface area contributed by atoms with E-state index in [1.807, 2.05) is 6.92 Å². The number of rotatable bonds is 8. The summed E-state index contributed by atoms with van der Waals surface area (Å²) in [6, 6.07) is 6.67. The zero-order chi connectivity index (χ0) is 19.9. The number of carbonyl (C=O) groups excluding carboxylic acids is 2. The normalized spacial score (nSPS) is 17.9. The Labute approximate surface area is 159 Å². The maximum absolute atomic E-state index is 12.6. The smallest absolute Gasteiger partial charge is 0.343 e. The molecule has 0 aliphatic carbocycles. The van der Waals surface area contributed by atoms with Crippen molar-refractivity contribution in [3.05, 3.63) is 24.3 Å². The molecule has 9 heteroatoms. The molecule has 0 saturated carbocycles. The standard InChI is InChI=1S/C18H26N2O6S/c1-3-10-27(23,24)20-9-5-6-14(12-20)18(22)19-15-7-4-8-16(11-15)26-13-17(21)25-2/h4,7-8,11,14H,3,5-6,9-10,12-13H2,1-2H3,(H,19,22). The van der Waals surface area contributed by atoms with Gasteiger partial charge in [0.1, 0.15) is 5.75 Å². The minimum Gasteiger partial charge on any atom is -0.482 e. The lowest BCUT2D eigenvalue weighted by Gasteiger charge is -2.31. The first-order valence-electron chi connectivity index (χ1n) is 8.94. The molecule has 8 nitrogen and oxygen atoms in total. The predicted molar refractivity (Wildman–Crippen MR) is 101 cm³/mol. The summed E-state index contributed by atoms with van der Waals surface area (Å²) in [6.07, 6.45) is 1.85. The molecule has 0 radical (unpaired) electrons. The summed E-state index contributed by atoms with van der Waals surface area (Å²) in [6.45, 7) is 2.26. The number of amides is 1. The molecule has 150 valence electrons. The molecule has 1 saturated heterocycles. The Hall–Kier alpha value is -2.13. The second-order valence-electron chi connectivity index (χ2n) is 6.40. The summed E-state index contributed by atoms with van der Waals surface area (Å²) < 4.78 is 35.7. The number of hydrogen-bond donors (Lipinski definition) is 1. The summed E-state index contributed by atoms with van der Waals surface area (Å²) in [7, 11) is -2.03. The molecule has 1 amide bonds. The SMILES string of the molecule is CCCS(=O)(=O)N1CCCC(C(=O)Nc2cccc(OCC(=O)OC)c2)C1. The van der Waals surface area contributed by atoms with Crippen molar-refractivity contribution in [3.63, 3.8) is 0 Å². The van der Waals surface area contributed by atoms with Crippen molar-refractivity contribution in [1.29, 1.82) is 0 Å². The summed E-state index contributed by atoms with van der Waals surface area (Å²) in [5.41, 5.74) is 0.524. The van der Waals surface area contributed by atoms with Crippen LogP contribution < -0.4 is 10.1 Å². The minimum absolute atomic E-state index is 0.0981. The number of benzene rings is 1. The first-order valence-corrected chi connectivity index (χ1v) is 10.5. The van der Waals surface area contributed by atoms with Crippen molar-refractivity contribution < 1.29 is 27.5 Å². The van der Waals surface area contributed by atoms with Gasteiger partial charge in [-0.25, -0.2) is 17.5 Å². The fraction of sp³-hybridized carbons (Fsp3) is 0.556. The van der Waals surface area contributed by atoms with E-state index in [0.29, 0.717) is 37.2 Å². The fourth-order valence-corrected chi connectivity index (χ4v) is 4.49. The van der Waals surface area contributed by atoms with Crippen LogP contribution in [0.2, 0.25) is 0 Å². The number of esters is 1. The van der Waals surface area contributed by atoms with Crippen molar-refractivity contribution in [2.24, 2.45) is 5.92 Å². The number of anilines is 1. The van der Waals surface area contributed by atoms with E-state index in [0.717, 1.165) is 0 Å². The second-order valence-corrected chi connectivity index (χ2v) is 8.48. The van der Waals surface area contributed by atoms with E-state index in [2.05, 4.69) is 10.1 Å². The molecule has 0 spiro atoms. The molecule has 1 aromatic carbocycles. The molecular formula is C18H26N2O6S. The van der Waals surface area contributed by atoms with Gasteiger partial charge < -0.3 is 14.8 Å². The predicted octanol–water partition coefficient (Wildman–Crippen LogP) is 1.63. The van der Waals surface area contributed by atoms with Gasteiger partial charge in [0, 0.05) is 24.8 Å². The third kappa shape index (κ3) is 6.21. The maximum Gasteiger partial charge on any atom is 0.343 e. The van der Waals surface area contributed by atoms with Gasteiger partial charge in [-0.2, -0.15) is 0 Å². The fourth-order valence-electron chi connectivity index (χ4n) is 2.91. The van der Waals surface area contributed by atoms with Crippen molar-refractivity contribution in [2.75, 3.05) is 37.9 Å². The van der Waals surface area contributed by atoms with Crippen molar-refractivity contribution >= 4 is 27.6 Å². The van der Waals surface area contributed by atoms with Crippen LogP contribution >= 0.6 is 0 Å². The number of nitrogens with one attached hydrogen (secondary N) is 1. The maximum atomic E-state index is 12.6. The zero-order valence-electron chi connectivity index (χ0n) is 15.6. The molecule has 2 rings (SSSR count). The van der Waals surface area contributed by atoms with Crippen LogP contribution in [-0.2, 0) is 24.3 Å². The Kier molecular flexibility index (Phi) is 7.61. The van der Waals surface area contributed by atoms with Crippen LogP contribution in [0.1, 0.15) is 26.2 Å². The van der Waals surface area contributed by atoms with E-state index in [1.165, 1.54) is 11.4 Å². The van der Waals surface area contributed by atoms with E-state index >= 15 is 0 Å². The lowest BCUT2D eigenvalue weighted by molar-refractivity contribution is -0.142. The van der Waals surface area contributed by atoms with E-state index in [4.69, 9.17) is 4.74 Å². The molecule has 1 aliphatic heterocycles. The highest BCUT2D eigenvalue weighted by Crippen LogP contribution is 2.23. The molecule has 1 aromatic rings. The van der Waals surface area contributed by atoms with Gasteiger partial charge in [-0.15, -0.1) is 0 Å². The highest BCUT2D eigenvalue weighted by atomic mass is 32.2. The van der Waals surface area contributed by atoms with Crippen LogP contribution in [0.5, 0.6) is 5.75 Å². The molecule has 1 atom stereocenters. The largest absolute Gasteiger partial charge is 0.482 e. The lowest BCUT2D eigenvalue weighted by atomic mass is 9.98. The molecule has 1 unspecified atom stereocenters. The van der Waals surface area contributed by atoms with Crippen LogP contribution in [0.3, 0.4) is 0 Å². The summed E-state index contributed by atoms with van der Waals surface area (Å²) in [4.78, 5) is 23.7. The first kappa shape index (κ1) is 21.2. The number of ether oxygens (including phenoxy) is 2. The van der Waals surface area contributed by atoms with Crippen LogP contribution in [0.15, 0.2) is 24.3 Å². The summed E-state index contributed by atoms with van der Waals surface area (Å²) in [5, 5.41) is 2.80. The van der Waals surface area contributed by atoms with E-state index in [-0.39, 0.29) is 24.8 Å². The summed E-state index contributed by atoms with van der Waals surface area (Å²) >= 11 is 0. The van der Waals surface area contributed by atoms with Gasteiger partial charge in [-0.1, -0.05) is 13.0 Å². The minimum atomic E-state index is -3.31. The van der Waals surface area contributed by atoms with Crippen molar-refractivity contribution in [3.8, 4) is 5.75 Å². The average molecular weight is 398 g/mol. The summed E-state index contributed by atoms with van der Waals surface area (Å²) in [5.74, 6) is -0.600. The molecule has 1 heterocycles. The van der Waals surface area contributed by atoms with Gasteiger partial charge >= 0.3 is 5.97 Å². The molecule has 0 bridgehead atoms. The van der Waals surface area contributed by atoms with Gasteiger partial charge in [-0.05, 0) is 31.4 Å². The number of methoxy groups -OCH3 is 1. The Bertz CT molecular complexity index is 765. The molecule has 1 N–H and O–H groups in total. The van der Waals surface area contributed by atoms with Gasteiger partial charge in [-0.3, -0.25) is 4.79 Å². The second kappa shape index (κ2) is 9.70. The lowest BCUT2D eigenvalue weighted by Crippen LogP contribution is -2.44.